The fourth-order valence-corrected chi connectivity index (χ4v) is 4.39. The number of carbonyl (C=O) groups is 2. The minimum atomic E-state index is -1.09. The van der Waals surface area contributed by atoms with Gasteiger partial charge in [0, 0.05) is 16.8 Å². The first-order valence-electron chi connectivity index (χ1n) is 6.33. The Morgan fingerprint density at radius 1 is 1.38 bits per heavy atom. The summed E-state index contributed by atoms with van der Waals surface area (Å²) in [5.41, 5.74) is 1.47. The van der Waals surface area contributed by atoms with E-state index in [1.807, 2.05) is 17.8 Å². The maximum atomic E-state index is 12.3. The molecular weight excluding hydrogens is 308 g/mol. The fourth-order valence-electron chi connectivity index (χ4n) is 2.12. The van der Waals surface area contributed by atoms with Crippen LogP contribution in [0.4, 0.5) is 5.69 Å². The quantitative estimate of drug-likeness (QED) is 0.909. The molecule has 1 aliphatic heterocycles. The number of carboxylic acids is 1. The molecule has 0 unspecified atom stereocenters. The minimum absolute atomic E-state index is 0.0372. The average Bonchev–Trinajstić information content (AvgIpc) is 2.91. The predicted octanol–water partition coefficient (Wildman–Crippen LogP) is 2.88. The number of amides is 1. The molecule has 2 aromatic rings. The number of anilines is 1. The molecule has 2 N–H and O–H groups in total. The Morgan fingerprint density at radius 3 is 3.00 bits per heavy atom. The highest BCUT2D eigenvalue weighted by atomic mass is 32.2. The van der Waals surface area contributed by atoms with E-state index in [1.54, 1.807) is 0 Å². The van der Waals surface area contributed by atoms with E-state index in [0.717, 1.165) is 17.9 Å². The van der Waals surface area contributed by atoms with Crippen LogP contribution in [0.3, 0.4) is 0 Å². The summed E-state index contributed by atoms with van der Waals surface area (Å²) in [7, 11) is 0. The SMILES string of the molecule is O=C(Nc1cnccc1C(=O)O)c1cc2c(s1)CCSC2. The molecule has 1 aliphatic rings. The second-order valence-electron chi connectivity index (χ2n) is 4.54. The molecule has 0 aliphatic carbocycles. The number of hydrogen-bond donors (Lipinski definition) is 2. The smallest absolute Gasteiger partial charge is 0.337 e. The molecule has 0 radical (unpaired) electrons. The maximum Gasteiger partial charge on any atom is 0.337 e. The third-order valence-corrected chi connectivity index (χ3v) is 5.39. The van der Waals surface area contributed by atoms with Crippen molar-refractivity contribution in [3.8, 4) is 0 Å². The van der Waals surface area contributed by atoms with E-state index in [1.165, 1.54) is 40.2 Å². The first kappa shape index (κ1) is 14.1. The summed E-state index contributed by atoms with van der Waals surface area (Å²) in [6.07, 6.45) is 3.73. The lowest BCUT2D eigenvalue weighted by molar-refractivity contribution is 0.0698. The molecule has 0 aromatic carbocycles. The van der Waals surface area contributed by atoms with Gasteiger partial charge in [0.1, 0.15) is 0 Å². The number of rotatable bonds is 3. The number of carbonyl (C=O) groups excluding carboxylic acids is 1. The Hall–Kier alpha value is -1.86. The molecule has 1 amide bonds. The van der Waals surface area contributed by atoms with E-state index in [4.69, 9.17) is 5.11 Å². The van der Waals surface area contributed by atoms with E-state index >= 15 is 0 Å². The van der Waals surface area contributed by atoms with Crippen molar-refractivity contribution >= 4 is 40.7 Å². The number of thioether (sulfide) groups is 1. The number of aromatic carboxylic acids is 1. The summed E-state index contributed by atoms with van der Waals surface area (Å²) in [5.74, 6) is 0.650. The highest BCUT2D eigenvalue weighted by molar-refractivity contribution is 7.98. The molecule has 0 fully saturated rings. The third kappa shape index (κ3) is 2.93. The summed E-state index contributed by atoms with van der Waals surface area (Å²) < 4.78 is 0. The molecule has 0 saturated heterocycles. The Morgan fingerprint density at radius 2 is 2.24 bits per heavy atom. The van der Waals surface area contributed by atoms with Crippen LogP contribution in [-0.4, -0.2) is 27.7 Å². The van der Waals surface area contributed by atoms with Crippen molar-refractivity contribution in [1.29, 1.82) is 0 Å². The number of nitrogens with zero attached hydrogens (tertiary/aromatic N) is 1. The number of aromatic nitrogens is 1. The Kier molecular flexibility index (Phi) is 3.94. The molecule has 0 atom stereocenters. The summed E-state index contributed by atoms with van der Waals surface area (Å²) in [5, 5.41) is 11.7. The Labute approximate surface area is 129 Å². The van der Waals surface area contributed by atoms with Crippen LogP contribution in [0.15, 0.2) is 24.5 Å². The average molecular weight is 320 g/mol. The minimum Gasteiger partial charge on any atom is -0.478 e. The summed E-state index contributed by atoms with van der Waals surface area (Å²) in [4.78, 5) is 29.1. The zero-order valence-electron chi connectivity index (χ0n) is 11.0. The van der Waals surface area contributed by atoms with Gasteiger partial charge in [-0.15, -0.1) is 11.3 Å². The molecule has 3 rings (SSSR count). The van der Waals surface area contributed by atoms with Crippen molar-refractivity contribution in [2.75, 3.05) is 11.1 Å². The number of thiophene rings is 1. The van der Waals surface area contributed by atoms with Crippen LogP contribution in [0.5, 0.6) is 0 Å². The molecule has 2 aromatic heterocycles. The first-order chi connectivity index (χ1) is 10.1. The van der Waals surface area contributed by atoms with Gasteiger partial charge < -0.3 is 10.4 Å². The van der Waals surface area contributed by atoms with Gasteiger partial charge in [0.25, 0.3) is 5.91 Å². The lowest BCUT2D eigenvalue weighted by Gasteiger charge is -2.08. The summed E-state index contributed by atoms with van der Waals surface area (Å²) in [6.45, 7) is 0. The van der Waals surface area contributed by atoms with Crippen LogP contribution in [0.25, 0.3) is 0 Å². The monoisotopic (exact) mass is 320 g/mol. The molecule has 21 heavy (non-hydrogen) atoms. The number of fused-ring (bicyclic) bond motifs is 1. The summed E-state index contributed by atoms with van der Waals surface area (Å²) in [6, 6.07) is 3.27. The molecule has 108 valence electrons. The van der Waals surface area contributed by atoms with Gasteiger partial charge in [0.2, 0.25) is 0 Å². The highest BCUT2D eigenvalue weighted by Gasteiger charge is 2.19. The van der Waals surface area contributed by atoms with Crippen molar-refractivity contribution < 1.29 is 14.7 Å². The van der Waals surface area contributed by atoms with E-state index in [2.05, 4.69) is 10.3 Å². The van der Waals surface area contributed by atoms with Crippen molar-refractivity contribution in [1.82, 2.24) is 4.98 Å². The van der Waals surface area contributed by atoms with Crippen molar-refractivity contribution in [3.05, 3.63) is 45.4 Å². The van der Waals surface area contributed by atoms with E-state index in [-0.39, 0.29) is 17.2 Å². The molecule has 7 heteroatoms. The van der Waals surface area contributed by atoms with Gasteiger partial charge >= 0.3 is 5.97 Å². The zero-order valence-corrected chi connectivity index (χ0v) is 12.6. The molecule has 0 saturated carbocycles. The zero-order chi connectivity index (χ0) is 14.8. The van der Waals surface area contributed by atoms with Gasteiger partial charge in [-0.05, 0) is 29.9 Å². The van der Waals surface area contributed by atoms with Crippen LogP contribution < -0.4 is 5.32 Å². The Bertz CT molecular complexity index is 688. The number of aryl methyl sites for hydroxylation is 1. The van der Waals surface area contributed by atoms with Gasteiger partial charge in [-0.1, -0.05) is 0 Å². The van der Waals surface area contributed by atoms with Gasteiger partial charge in [-0.2, -0.15) is 11.8 Å². The number of nitrogens with one attached hydrogen (secondary N) is 1. The van der Waals surface area contributed by atoms with Crippen molar-refractivity contribution in [2.45, 2.75) is 12.2 Å². The number of carboxylic acid groups (broad SMARTS) is 1. The molecular formula is C14H12N2O3S2. The highest BCUT2D eigenvalue weighted by Crippen LogP contribution is 2.32. The molecule has 3 heterocycles. The van der Waals surface area contributed by atoms with Crippen LogP contribution >= 0.6 is 23.1 Å². The standard InChI is InChI=1S/C14H12N2O3S2/c17-13(12-5-8-7-20-4-2-11(8)21-12)16-10-6-15-3-1-9(10)14(18)19/h1,3,5-6H,2,4,7H2,(H,16,17)(H,18,19). The predicted molar refractivity (Wildman–Crippen MR) is 83.3 cm³/mol. The third-order valence-electron chi connectivity index (χ3n) is 3.15. The topological polar surface area (TPSA) is 79.3 Å². The van der Waals surface area contributed by atoms with Gasteiger partial charge in [-0.3, -0.25) is 9.78 Å². The lowest BCUT2D eigenvalue weighted by atomic mass is 10.2. The van der Waals surface area contributed by atoms with Gasteiger partial charge in [-0.25, -0.2) is 4.79 Å². The Balaban J connectivity index is 1.83. The second kappa shape index (κ2) is 5.87. The van der Waals surface area contributed by atoms with Crippen molar-refractivity contribution in [2.24, 2.45) is 0 Å². The molecule has 0 bridgehead atoms. The normalized spacial score (nSPS) is 13.5. The lowest BCUT2D eigenvalue weighted by Crippen LogP contribution is -2.13. The van der Waals surface area contributed by atoms with E-state index in [9.17, 15) is 9.59 Å². The van der Waals surface area contributed by atoms with Gasteiger partial charge in [0.15, 0.2) is 0 Å². The molecule has 0 spiro atoms. The number of hydrogen-bond acceptors (Lipinski definition) is 5. The van der Waals surface area contributed by atoms with Crippen LogP contribution in [0.1, 0.15) is 30.5 Å². The van der Waals surface area contributed by atoms with Crippen LogP contribution in [0.2, 0.25) is 0 Å². The van der Waals surface area contributed by atoms with E-state index < -0.39 is 5.97 Å². The van der Waals surface area contributed by atoms with E-state index in [0.29, 0.717) is 4.88 Å². The number of pyridine rings is 1. The van der Waals surface area contributed by atoms with Crippen LogP contribution in [0, 0.1) is 0 Å². The maximum absolute atomic E-state index is 12.3. The molecule has 5 nitrogen and oxygen atoms in total. The summed E-state index contributed by atoms with van der Waals surface area (Å²) >= 11 is 3.34. The second-order valence-corrected chi connectivity index (χ2v) is 6.78. The van der Waals surface area contributed by atoms with Crippen molar-refractivity contribution in [3.63, 3.8) is 0 Å². The van der Waals surface area contributed by atoms with Gasteiger partial charge in [0.05, 0.1) is 22.3 Å². The first-order valence-corrected chi connectivity index (χ1v) is 8.30. The largest absolute Gasteiger partial charge is 0.478 e. The van der Waals surface area contributed by atoms with Crippen LogP contribution in [-0.2, 0) is 12.2 Å². The fraction of sp³-hybridized carbons (Fsp3) is 0.214.